The molecule has 0 N–H and O–H groups in total. The Kier molecular flexibility index (Phi) is 3.97. The van der Waals surface area contributed by atoms with Crippen molar-refractivity contribution in [3.05, 3.63) is 68.0 Å². The van der Waals surface area contributed by atoms with Crippen molar-refractivity contribution in [3.63, 3.8) is 0 Å². The largest absolute Gasteiger partial charge is 0.319 e. The van der Waals surface area contributed by atoms with Crippen LogP contribution in [0.1, 0.15) is 10.4 Å². The van der Waals surface area contributed by atoms with Crippen molar-refractivity contribution >= 4 is 44.7 Å². The second-order valence-electron chi connectivity index (χ2n) is 4.78. The molecule has 0 saturated carbocycles. The van der Waals surface area contributed by atoms with Crippen LogP contribution < -0.4 is 4.80 Å². The molecule has 0 unspecified atom stereocenters. The summed E-state index contributed by atoms with van der Waals surface area (Å²) in [6.45, 7) is 0. The van der Waals surface area contributed by atoms with Gasteiger partial charge in [-0.05, 0) is 30.3 Å². The number of aromatic nitrogens is 1. The van der Waals surface area contributed by atoms with Crippen LogP contribution in [0.25, 0.3) is 10.2 Å². The van der Waals surface area contributed by atoms with Crippen LogP contribution in [0.4, 0.5) is 5.69 Å². The predicted molar refractivity (Wildman–Crippen MR) is 88.8 cm³/mol. The molecule has 0 aliphatic heterocycles. The van der Waals surface area contributed by atoms with Gasteiger partial charge in [0.2, 0.25) is 0 Å². The van der Waals surface area contributed by atoms with E-state index in [1.807, 2.05) is 0 Å². The normalized spacial score (nSPS) is 11.8. The van der Waals surface area contributed by atoms with Gasteiger partial charge in [0, 0.05) is 29.8 Å². The molecular weight excluding hydrogens is 338 g/mol. The summed E-state index contributed by atoms with van der Waals surface area (Å²) >= 11 is 7.09. The Labute approximate surface area is 139 Å². The number of thiazole rings is 1. The molecule has 116 valence electrons. The van der Waals surface area contributed by atoms with Crippen molar-refractivity contribution < 1.29 is 9.72 Å². The number of fused-ring (bicyclic) bond motifs is 1. The van der Waals surface area contributed by atoms with E-state index in [1.165, 1.54) is 23.5 Å². The Morgan fingerprint density at radius 2 is 1.96 bits per heavy atom. The van der Waals surface area contributed by atoms with Gasteiger partial charge < -0.3 is 4.57 Å². The fourth-order valence-electron chi connectivity index (χ4n) is 2.08. The minimum atomic E-state index is -0.452. The van der Waals surface area contributed by atoms with E-state index in [1.54, 1.807) is 41.9 Å². The zero-order valence-corrected chi connectivity index (χ0v) is 13.5. The molecule has 6 nitrogen and oxygen atoms in total. The number of nitro benzene ring substituents is 1. The van der Waals surface area contributed by atoms with Crippen molar-refractivity contribution in [2.24, 2.45) is 12.0 Å². The monoisotopic (exact) mass is 347 g/mol. The Morgan fingerprint density at radius 3 is 2.61 bits per heavy atom. The van der Waals surface area contributed by atoms with Crippen molar-refractivity contribution in [3.8, 4) is 0 Å². The van der Waals surface area contributed by atoms with Gasteiger partial charge in [-0.25, -0.2) is 0 Å². The van der Waals surface area contributed by atoms with Crippen LogP contribution in [0.3, 0.4) is 0 Å². The number of non-ortho nitro benzene ring substituents is 1. The van der Waals surface area contributed by atoms with Crippen LogP contribution >= 0.6 is 22.9 Å². The zero-order valence-electron chi connectivity index (χ0n) is 11.9. The molecule has 2 aromatic carbocycles. The number of hydrogen-bond acceptors (Lipinski definition) is 4. The second kappa shape index (κ2) is 5.94. The smallest absolute Gasteiger partial charge is 0.279 e. The molecule has 3 aromatic rings. The van der Waals surface area contributed by atoms with Gasteiger partial charge in [-0.1, -0.05) is 22.9 Å². The lowest BCUT2D eigenvalue weighted by Crippen LogP contribution is -2.13. The lowest BCUT2D eigenvalue weighted by molar-refractivity contribution is -0.384. The Hall–Kier alpha value is -2.51. The van der Waals surface area contributed by atoms with E-state index in [0.717, 1.165) is 4.70 Å². The van der Waals surface area contributed by atoms with Gasteiger partial charge in [0.1, 0.15) is 0 Å². The SMILES string of the molecule is Cn1c(=NC(=O)c2ccc(Cl)cc2)sc2ccc([N+](=O)[O-])cc21. The molecule has 0 radical (unpaired) electrons. The van der Waals surface area contributed by atoms with Crippen molar-refractivity contribution in [2.45, 2.75) is 0 Å². The third kappa shape index (κ3) is 3.01. The van der Waals surface area contributed by atoms with E-state index < -0.39 is 10.8 Å². The standard InChI is InChI=1S/C15H10ClN3O3S/c1-18-12-8-11(19(21)22)6-7-13(12)23-15(18)17-14(20)9-2-4-10(16)5-3-9/h2-8H,1H3. The highest BCUT2D eigenvalue weighted by molar-refractivity contribution is 7.16. The van der Waals surface area contributed by atoms with Crippen LogP contribution in [0.5, 0.6) is 0 Å². The van der Waals surface area contributed by atoms with E-state index in [4.69, 9.17) is 11.6 Å². The molecule has 0 spiro atoms. The lowest BCUT2D eigenvalue weighted by atomic mass is 10.2. The summed E-state index contributed by atoms with van der Waals surface area (Å²) < 4.78 is 2.49. The minimum absolute atomic E-state index is 0.00137. The zero-order chi connectivity index (χ0) is 16.6. The molecule has 1 aromatic heterocycles. The minimum Gasteiger partial charge on any atom is -0.319 e. The van der Waals surface area contributed by atoms with Crippen molar-refractivity contribution in [1.29, 1.82) is 0 Å². The number of aryl methyl sites for hydroxylation is 1. The topological polar surface area (TPSA) is 77.5 Å². The molecule has 0 saturated heterocycles. The Morgan fingerprint density at radius 1 is 1.26 bits per heavy atom. The van der Waals surface area contributed by atoms with Crippen molar-refractivity contribution in [2.75, 3.05) is 0 Å². The number of halogens is 1. The van der Waals surface area contributed by atoms with Gasteiger partial charge in [-0.3, -0.25) is 14.9 Å². The number of carbonyl (C=O) groups is 1. The first-order chi connectivity index (χ1) is 11.0. The number of benzene rings is 2. The van der Waals surface area contributed by atoms with Crippen LogP contribution in [0, 0.1) is 10.1 Å². The first-order valence-corrected chi connectivity index (χ1v) is 7.74. The number of nitrogens with zero attached hydrogens (tertiary/aromatic N) is 3. The van der Waals surface area contributed by atoms with Gasteiger partial charge in [0.05, 0.1) is 15.1 Å². The van der Waals surface area contributed by atoms with E-state index >= 15 is 0 Å². The number of hydrogen-bond donors (Lipinski definition) is 0. The molecule has 1 heterocycles. The highest BCUT2D eigenvalue weighted by Crippen LogP contribution is 2.22. The molecule has 23 heavy (non-hydrogen) atoms. The average molecular weight is 348 g/mol. The van der Waals surface area contributed by atoms with E-state index in [-0.39, 0.29) is 5.69 Å². The van der Waals surface area contributed by atoms with E-state index in [0.29, 0.717) is 20.9 Å². The van der Waals surface area contributed by atoms with Gasteiger partial charge in [0.15, 0.2) is 4.80 Å². The predicted octanol–water partition coefficient (Wildman–Crippen LogP) is 3.54. The van der Waals surface area contributed by atoms with E-state index in [9.17, 15) is 14.9 Å². The summed E-state index contributed by atoms with van der Waals surface area (Å²) in [4.78, 5) is 27.2. The summed E-state index contributed by atoms with van der Waals surface area (Å²) in [5.41, 5.74) is 1.09. The molecule has 0 atom stereocenters. The number of nitro groups is 1. The molecule has 0 fully saturated rings. The molecule has 1 amide bonds. The molecule has 0 aliphatic carbocycles. The first-order valence-electron chi connectivity index (χ1n) is 6.54. The summed E-state index contributed by atoms with van der Waals surface area (Å²) in [6, 6.07) is 11.0. The lowest BCUT2D eigenvalue weighted by Gasteiger charge is -1.97. The van der Waals surface area contributed by atoms with Gasteiger partial charge in [0.25, 0.3) is 11.6 Å². The second-order valence-corrected chi connectivity index (χ2v) is 6.22. The maximum atomic E-state index is 12.2. The summed E-state index contributed by atoms with van der Waals surface area (Å²) in [5.74, 6) is -0.390. The average Bonchev–Trinajstić information content (AvgIpc) is 2.83. The third-order valence-electron chi connectivity index (χ3n) is 3.29. The molecular formula is C15H10ClN3O3S. The third-order valence-corrected chi connectivity index (χ3v) is 4.66. The number of rotatable bonds is 2. The molecule has 0 aliphatic rings. The van der Waals surface area contributed by atoms with Crippen LogP contribution in [0.2, 0.25) is 5.02 Å². The maximum Gasteiger partial charge on any atom is 0.279 e. The summed E-state index contributed by atoms with van der Waals surface area (Å²) in [7, 11) is 1.72. The fraction of sp³-hybridized carbons (Fsp3) is 0.0667. The Bertz CT molecular complexity index is 989. The quantitative estimate of drug-likeness (QED) is 0.525. The van der Waals surface area contributed by atoms with Gasteiger partial charge in [-0.15, -0.1) is 0 Å². The number of amides is 1. The molecule has 0 bridgehead atoms. The maximum absolute atomic E-state index is 12.2. The first kappa shape index (κ1) is 15.4. The van der Waals surface area contributed by atoms with Crippen LogP contribution in [-0.4, -0.2) is 15.4 Å². The van der Waals surface area contributed by atoms with Crippen LogP contribution in [0.15, 0.2) is 47.5 Å². The Balaban J connectivity index is 2.08. The van der Waals surface area contributed by atoms with Crippen LogP contribution in [-0.2, 0) is 7.05 Å². The van der Waals surface area contributed by atoms with Crippen molar-refractivity contribution in [1.82, 2.24) is 4.57 Å². The number of carbonyl (C=O) groups excluding carboxylic acids is 1. The highest BCUT2D eigenvalue weighted by Gasteiger charge is 2.11. The molecule has 8 heteroatoms. The summed E-state index contributed by atoms with van der Waals surface area (Å²) in [6.07, 6.45) is 0. The van der Waals surface area contributed by atoms with E-state index in [2.05, 4.69) is 4.99 Å². The van der Waals surface area contributed by atoms with Gasteiger partial charge in [-0.2, -0.15) is 4.99 Å². The summed E-state index contributed by atoms with van der Waals surface area (Å²) in [5, 5.41) is 11.4. The fourth-order valence-corrected chi connectivity index (χ4v) is 3.20. The molecule has 3 rings (SSSR count). The van der Waals surface area contributed by atoms with Gasteiger partial charge >= 0.3 is 0 Å². The highest BCUT2D eigenvalue weighted by atomic mass is 35.5.